The first kappa shape index (κ1) is 12.9. The zero-order valence-electron chi connectivity index (χ0n) is 9.75. The monoisotopic (exact) mass is 268 g/mol. The van der Waals surface area contributed by atoms with Gasteiger partial charge in [0.05, 0.1) is 5.69 Å². The van der Waals surface area contributed by atoms with Gasteiger partial charge in [-0.3, -0.25) is 0 Å². The Kier molecular flexibility index (Phi) is 3.87. The first-order chi connectivity index (χ1) is 8.60. The van der Waals surface area contributed by atoms with Gasteiger partial charge in [0, 0.05) is 29.6 Å². The van der Waals surface area contributed by atoms with Crippen LogP contribution >= 0.6 is 11.6 Å². The third-order valence-electron chi connectivity index (χ3n) is 2.43. The third-order valence-corrected chi connectivity index (χ3v) is 2.61. The number of alkyl halides is 1. The lowest BCUT2D eigenvalue weighted by Crippen LogP contribution is -2.01. The molecular weight excluding hydrogens is 258 g/mol. The maximum Gasteiger partial charge on any atom is 0.135 e. The second kappa shape index (κ2) is 5.40. The van der Waals surface area contributed by atoms with Gasteiger partial charge < -0.3 is 0 Å². The molecule has 2 aromatic rings. The van der Waals surface area contributed by atoms with Gasteiger partial charge in [0.25, 0.3) is 0 Å². The van der Waals surface area contributed by atoms with Crippen LogP contribution in [-0.4, -0.2) is 15.8 Å². The SMILES string of the molecule is Cc1cc(-c2ccc(F)cc2F)nc(CCCl)n1. The van der Waals surface area contributed by atoms with E-state index in [1.165, 1.54) is 12.1 Å². The van der Waals surface area contributed by atoms with Crippen LogP contribution in [0.2, 0.25) is 0 Å². The standard InChI is InChI=1S/C13H11ClF2N2/c1-8-6-12(18-13(17-8)4-5-14)10-3-2-9(15)7-11(10)16/h2-3,6-7H,4-5H2,1H3. The maximum atomic E-state index is 13.7. The summed E-state index contributed by atoms with van der Waals surface area (Å²) < 4.78 is 26.5. The van der Waals surface area contributed by atoms with Crippen LogP contribution in [0.5, 0.6) is 0 Å². The van der Waals surface area contributed by atoms with Crippen LogP contribution in [0.4, 0.5) is 8.78 Å². The lowest BCUT2D eigenvalue weighted by molar-refractivity contribution is 0.585. The van der Waals surface area contributed by atoms with Gasteiger partial charge in [-0.25, -0.2) is 18.7 Å². The van der Waals surface area contributed by atoms with Crippen molar-refractivity contribution in [3.05, 3.63) is 47.4 Å². The quantitative estimate of drug-likeness (QED) is 0.796. The van der Waals surface area contributed by atoms with Crippen molar-refractivity contribution < 1.29 is 8.78 Å². The first-order valence-electron chi connectivity index (χ1n) is 5.46. The van der Waals surface area contributed by atoms with Crippen LogP contribution in [-0.2, 0) is 6.42 Å². The summed E-state index contributed by atoms with van der Waals surface area (Å²) in [5.41, 5.74) is 1.43. The summed E-state index contributed by atoms with van der Waals surface area (Å²) in [7, 11) is 0. The zero-order chi connectivity index (χ0) is 13.1. The van der Waals surface area contributed by atoms with Crippen molar-refractivity contribution in [3.8, 4) is 11.3 Å². The van der Waals surface area contributed by atoms with Crippen molar-refractivity contribution in [1.29, 1.82) is 0 Å². The number of halogens is 3. The Balaban J connectivity index is 2.49. The molecule has 0 saturated carbocycles. The summed E-state index contributed by atoms with van der Waals surface area (Å²) in [6.07, 6.45) is 0.513. The van der Waals surface area contributed by atoms with Gasteiger partial charge in [-0.15, -0.1) is 11.6 Å². The molecule has 2 rings (SSSR count). The maximum absolute atomic E-state index is 13.7. The molecule has 0 aliphatic rings. The second-order valence-electron chi connectivity index (χ2n) is 3.87. The minimum atomic E-state index is -0.634. The molecular formula is C13H11ClF2N2. The van der Waals surface area contributed by atoms with E-state index in [1.54, 1.807) is 13.0 Å². The van der Waals surface area contributed by atoms with Crippen LogP contribution in [0.25, 0.3) is 11.3 Å². The van der Waals surface area contributed by atoms with Gasteiger partial charge in [0.1, 0.15) is 17.5 Å². The summed E-state index contributed by atoms with van der Waals surface area (Å²) >= 11 is 5.64. The number of aromatic nitrogens is 2. The Bertz CT molecular complexity index is 573. The fourth-order valence-electron chi connectivity index (χ4n) is 1.66. The summed E-state index contributed by atoms with van der Waals surface area (Å²) in [6, 6.07) is 5.08. The van der Waals surface area contributed by atoms with E-state index in [4.69, 9.17) is 11.6 Å². The molecule has 0 amide bonds. The highest BCUT2D eigenvalue weighted by Crippen LogP contribution is 2.22. The molecule has 1 aromatic heterocycles. The van der Waals surface area contributed by atoms with Crippen molar-refractivity contribution in [3.63, 3.8) is 0 Å². The first-order valence-corrected chi connectivity index (χ1v) is 5.99. The Morgan fingerprint density at radius 2 is 1.94 bits per heavy atom. The number of hydrogen-bond acceptors (Lipinski definition) is 2. The number of hydrogen-bond donors (Lipinski definition) is 0. The minimum Gasteiger partial charge on any atom is -0.238 e. The van der Waals surface area contributed by atoms with E-state index < -0.39 is 11.6 Å². The minimum absolute atomic E-state index is 0.262. The largest absolute Gasteiger partial charge is 0.238 e. The van der Waals surface area contributed by atoms with Crippen molar-refractivity contribution in [2.75, 3.05) is 5.88 Å². The van der Waals surface area contributed by atoms with Gasteiger partial charge in [0.2, 0.25) is 0 Å². The van der Waals surface area contributed by atoms with E-state index in [0.717, 1.165) is 11.8 Å². The Morgan fingerprint density at radius 1 is 1.17 bits per heavy atom. The second-order valence-corrected chi connectivity index (χ2v) is 4.25. The van der Waals surface area contributed by atoms with E-state index in [2.05, 4.69) is 9.97 Å². The summed E-state index contributed by atoms with van der Waals surface area (Å²) in [4.78, 5) is 8.43. The molecule has 0 aliphatic carbocycles. The molecule has 18 heavy (non-hydrogen) atoms. The zero-order valence-corrected chi connectivity index (χ0v) is 10.5. The van der Waals surface area contributed by atoms with Crippen molar-refractivity contribution in [1.82, 2.24) is 9.97 Å². The van der Waals surface area contributed by atoms with Crippen LogP contribution in [0.15, 0.2) is 24.3 Å². The molecule has 0 spiro atoms. The highest BCUT2D eigenvalue weighted by molar-refractivity contribution is 6.17. The van der Waals surface area contributed by atoms with E-state index >= 15 is 0 Å². The third kappa shape index (κ3) is 2.82. The van der Waals surface area contributed by atoms with Crippen molar-refractivity contribution in [2.24, 2.45) is 0 Å². The smallest absolute Gasteiger partial charge is 0.135 e. The normalized spacial score (nSPS) is 10.7. The van der Waals surface area contributed by atoms with Gasteiger partial charge >= 0.3 is 0 Å². The van der Waals surface area contributed by atoms with Crippen molar-refractivity contribution in [2.45, 2.75) is 13.3 Å². The predicted molar refractivity (Wildman–Crippen MR) is 66.5 cm³/mol. The van der Waals surface area contributed by atoms with E-state index in [1.807, 2.05) is 0 Å². The van der Waals surface area contributed by atoms with Crippen LogP contribution in [0, 0.1) is 18.6 Å². The molecule has 0 radical (unpaired) electrons. The molecule has 1 aromatic carbocycles. The molecule has 0 aliphatic heterocycles. The van der Waals surface area contributed by atoms with E-state index in [-0.39, 0.29) is 5.56 Å². The molecule has 94 valence electrons. The van der Waals surface area contributed by atoms with E-state index in [9.17, 15) is 8.78 Å². The number of nitrogens with zero attached hydrogens (tertiary/aromatic N) is 2. The Morgan fingerprint density at radius 3 is 2.61 bits per heavy atom. The molecule has 0 saturated heterocycles. The number of rotatable bonds is 3. The predicted octanol–water partition coefficient (Wildman–Crippen LogP) is 3.51. The lowest BCUT2D eigenvalue weighted by atomic mass is 10.1. The van der Waals surface area contributed by atoms with E-state index in [0.29, 0.717) is 23.8 Å². The average molecular weight is 269 g/mol. The van der Waals surface area contributed by atoms with Crippen LogP contribution in [0.3, 0.4) is 0 Å². The molecule has 0 fully saturated rings. The molecule has 0 N–H and O–H groups in total. The molecule has 2 nitrogen and oxygen atoms in total. The fraction of sp³-hybridized carbons (Fsp3) is 0.231. The fourth-order valence-corrected chi connectivity index (χ4v) is 1.83. The number of aryl methyl sites for hydroxylation is 2. The summed E-state index contributed by atoms with van der Waals surface area (Å²) in [5.74, 6) is -0.286. The molecule has 5 heteroatoms. The number of benzene rings is 1. The Hall–Kier alpha value is -1.55. The summed E-state index contributed by atoms with van der Waals surface area (Å²) in [5, 5.41) is 0. The molecule has 1 heterocycles. The lowest BCUT2D eigenvalue weighted by Gasteiger charge is -2.06. The topological polar surface area (TPSA) is 25.8 Å². The van der Waals surface area contributed by atoms with Crippen molar-refractivity contribution >= 4 is 11.6 Å². The molecule has 0 bridgehead atoms. The van der Waals surface area contributed by atoms with Crippen LogP contribution < -0.4 is 0 Å². The van der Waals surface area contributed by atoms with Gasteiger partial charge in [-0.2, -0.15) is 0 Å². The van der Waals surface area contributed by atoms with Gasteiger partial charge in [0.15, 0.2) is 0 Å². The molecule has 0 unspecified atom stereocenters. The highest BCUT2D eigenvalue weighted by Gasteiger charge is 2.10. The highest BCUT2D eigenvalue weighted by atomic mass is 35.5. The van der Waals surface area contributed by atoms with Gasteiger partial charge in [-0.05, 0) is 25.1 Å². The average Bonchev–Trinajstić information content (AvgIpc) is 2.28. The Labute approximate surface area is 109 Å². The van der Waals surface area contributed by atoms with Crippen LogP contribution in [0.1, 0.15) is 11.5 Å². The summed E-state index contributed by atoms with van der Waals surface area (Å²) in [6.45, 7) is 1.80. The van der Waals surface area contributed by atoms with Gasteiger partial charge in [-0.1, -0.05) is 0 Å². The molecule has 0 atom stereocenters.